The van der Waals surface area contributed by atoms with Crippen molar-refractivity contribution in [3.8, 4) is 0 Å². The Morgan fingerprint density at radius 1 is 1.27 bits per heavy atom. The van der Waals surface area contributed by atoms with Crippen LogP contribution in [0.2, 0.25) is 0 Å². The van der Waals surface area contributed by atoms with Crippen molar-refractivity contribution in [2.24, 2.45) is 11.7 Å². The third-order valence-corrected chi connectivity index (χ3v) is 4.57. The van der Waals surface area contributed by atoms with E-state index in [0.717, 1.165) is 25.9 Å². The van der Waals surface area contributed by atoms with Crippen LogP contribution in [-0.2, 0) is 4.74 Å². The van der Waals surface area contributed by atoms with Gasteiger partial charge in [-0.15, -0.1) is 0 Å². The number of carbonyl (C=O) groups is 2. The summed E-state index contributed by atoms with van der Waals surface area (Å²) in [5.74, 6) is -0.236. The predicted molar refractivity (Wildman–Crippen MR) is 82.6 cm³/mol. The molecule has 3 rings (SSSR count). The zero-order chi connectivity index (χ0) is 15.7. The molecule has 0 saturated heterocycles. The van der Waals surface area contributed by atoms with E-state index in [0.29, 0.717) is 17.7 Å². The fraction of sp³-hybridized carbons (Fsp3) is 0.529. The van der Waals surface area contributed by atoms with Gasteiger partial charge in [0.25, 0.3) is 11.8 Å². The Morgan fingerprint density at radius 2 is 1.91 bits per heavy atom. The van der Waals surface area contributed by atoms with Gasteiger partial charge < -0.3 is 10.5 Å². The molecule has 1 saturated carbocycles. The van der Waals surface area contributed by atoms with Crippen LogP contribution >= 0.6 is 0 Å². The molecule has 1 aromatic carbocycles. The van der Waals surface area contributed by atoms with Crippen molar-refractivity contribution in [2.45, 2.75) is 31.7 Å². The van der Waals surface area contributed by atoms with Gasteiger partial charge in [0.05, 0.1) is 17.7 Å². The van der Waals surface area contributed by atoms with Gasteiger partial charge in [-0.3, -0.25) is 14.5 Å². The van der Waals surface area contributed by atoms with E-state index in [1.165, 1.54) is 4.90 Å². The number of hydrogen-bond donors (Lipinski definition) is 1. The molecule has 118 valence electrons. The second-order valence-electron chi connectivity index (χ2n) is 6.30. The van der Waals surface area contributed by atoms with E-state index in [1.54, 1.807) is 24.3 Å². The first-order chi connectivity index (χ1) is 10.6. The van der Waals surface area contributed by atoms with Crippen LogP contribution in [-0.4, -0.2) is 42.0 Å². The molecule has 5 nitrogen and oxygen atoms in total. The Morgan fingerprint density at radius 3 is 2.50 bits per heavy atom. The van der Waals surface area contributed by atoms with Crippen molar-refractivity contribution in [2.75, 3.05) is 19.8 Å². The maximum atomic E-state index is 12.3. The molecule has 1 heterocycles. The number of rotatable bonds is 7. The van der Waals surface area contributed by atoms with Gasteiger partial charge in [0, 0.05) is 24.6 Å². The molecule has 1 aliphatic carbocycles. The summed E-state index contributed by atoms with van der Waals surface area (Å²) in [7, 11) is 0. The van der Waals surface area contributed by atoms with Crippen LogP contribution in [0.1, 0.15) is 46.9 Å². The summed E-state index contributed by atoms with van der Waals surface area (Å²) in [6.07, 6.45) is 2.95. The molecule has 2 amide bonds. The molecule has 2 atom stereocenters. The lowest BCUT2D eigenvalue weighted by molar-refractivity contribution is 0.0626. The summed E-state index contributed by atoms with van der Waals surface area (Å²) < 4.78 is 5.61. The summed E-state index contributed by atoms with van der Waals surface area (Å²) in [6, 6.07) is 6.93. The molecule has 0 radical (unpaired) electrons. The molecule has 1 aromatic rings. The highest BCUT2D eigenvalue weighted by molar-refractivity contribution is 6.21. The van der Waals surface area contributed by atoms with E-state index in [1.807, 2.05) is 0 Å². The third kappa shape index (κ3) is 2.66. The molecule has 0 aromatic heterocycles. The molecule has 1 aliphatic heterocycles. The minimum Gasteiger partial charge on any atom is -0.381 e. The first kappa shape index (κ1) is 15.2. The molecule has 22 heavy (non-hydrogen) atoms. The monoisotopic (exact) mass is 302 g/mol. The predicted octanol–water partition coefficient (Wildman–Crippen LogP) is 1.82. The number of fused-ring (bicyclic) bond motifs is 1. The van der Waals surface area contributed by atoms with E-state index in [2.05, 4.69) is 6.92 Å². The molecule has 0 spiro atoms. The van der Waals surface area contributed by atoms with Crippen LogP contribution in [0.3, 0.4) is 0 Å². The van der Waals surface area contributed by atoms with Crippen LogP contribution in [0.15, 0.2) is 24.3 Å². The Hall–Kier alpha value is -1.72. The van der Waals surface area contributed by atoms with Crippen LogP contribution < -0.4 is 5.73 Å². The van der Waals surface area contributed by atoms with Crippen LogP contribution in [0.4, 0.5) is 0 Å². The Kier molecular flexibility index (Phi) is 4.02. The number of amides is 2. The van der Waals surface area contributed by atoms with Crippen molar-refractivity contribution in [1.82, 2.24) is 4.90 Å². The number of benzene rings is 1. The van der Waals surface area contributed by atoms with Crippen molar-refractivity contribution in [3.05, 3.63) is 35.4 Å². The molecule has 0 bridgehead atoms. The number of ether oxygens (including phenoxy) is 1. The van der Waals surface area contributed by atoms with Crippen molar-refractivity contribution >= 4 is 11.8 Å². The number of hydrogen-bond acceptors (Lipinski definition) is 4. The zero-order valence-electron chi connectivity index (χ0n) is 12.9. The van der Waals surface area contributed by atoms with Crippen LogP contribution in [0, 0.1) is 5.92 Å². The van der Waals surface area contributed by atoms with Gasteiger partial charge in [-0.25, -0.2) is 0 Å². The van der Waals surface area contributed by atoms with Crippen molar-refractivity contribution in [1.29, 1.82) is 0 Å². The molecule has 5 heteroatoms. The summed E-state index contributed by atoms with van der Waals surface area (Å²) in [4.78, 5) is 26.0. The molecular weight excluding hydrogens is 280 g/mol. The topological polar surface area (TPSA) is 72.6 Å². The van der Waals surface area contributed by atoms with Gasteiger partial charge in [-0.2, -0.15) is 0 Å². The van der Waals surface area contributed by atoms with Gasteiger partial charge in [0.2, 0.25) is 0 Å². The lowest BCUT2D eigenvalue weighted by atomic mass is 10.1. The zero-order valence-corrected chi connectivity index (χ0v) is 12.9. The maximum Gasteiger partial charge on any atom is 0.261 e. The highest BCUT2D eigenvalue weighted by Gasteiger charge is 2.54. The van der Waals surface area contributed by atoms with Crippen LogP contribution in [0.25, 0.3) is 0 Å². The van der Waals surface area contributed by atoms with E-state index < -0.39 is 5.54 Å². The summed E-state index contributed by atoms with van der Waals surface area (Å²) >= 11 is 0. The average molecular weight is 302 g/mol. The minimum absolute atomic E-state index is 0.230. The summed E-state index contributed by atoms with van der Waals surface area (Å²) in [5, 5.41) is 0. The lowest BCUT2D eigenvalue weighted by Crippen LogP contribution is -2.44. The fourth-order valence-electron chi connectivity index (χ4n) is 2.97. The van der Waals surface area contributed by atoms with E-state index in [-0.39, 0.29) is 24.3 Å². The molecule has 2 N–H and O–H groups in total. The third-order valence-electron chi connectivity index (χ3n) is 4.57. The smallest absolute Gasteiger partial charge is 0.261 e. The van der Waals surface area contributed by atoms with Gasteiger partial charge >= 0.3 is 0 Å². The number of imide groups is 1. The van der Waals surface area contributed by atoms with E-state index in [4.69, 9.17) is 10.5 Å². The van der Waals surface area contributed by atoms with Crippen molar-refractivity contribution in [3.63, 3.8) is 0 Å². The SMILES string of the molecule is CCCCOC[C@H]1C[C@@]1(N)CN1C(=O)c2ccccc2C1=O. The molecular formula is C17H22N2O3. The summed E-state index contributed by atoms with van der Waals surface area (Å²) in [5.41, 5.74) is 6.79. The molecule has 2 aliphatic rings. The minimum atomic E-state index is -0.487. The lowest BCUT2D eigenvalue weighted by Gasteiger charge is -2.20. The number of nitrogens with two attached hydrogens (primary N) is 1. The van der Waals surface area contributed by atoms with E-state index >= 15 is 0 Å². The second-order valence-corrected chi connectivity index (χ2v) is 6.30. The highest BCUT2D eigenvalue weighted by atomic mass is 16.5. The molecule has 0 unspecified atom stereocenters. The Labute approximate surface area is 130 Å². The number of unbranched alkanes of at least 4 members (excludes halogenated alkanes) is 1. The Bertz CT molecular complexity index is 566. The molecule has 1 fully saturated rings. The van der Waals surface area contributed by atoms with Gasteiger partial charge in [-0.1, -0.05) is 25.5 Å². The van der Waals surface area contributed by atoms with E-state index in [9.17, 15) is 9.59 Å². The standard InChI is InChI=1S/C17H22N2O3/c1-2-3-8-22-10-12-9-17(12,18)11-19-15(20)13-6-4-5-7-14(13)16(19)21/h4-7,12H,2-3,8-11,18H2,1H3/t12-,17-/m1/s1. The van der Waals surface area contributed by atoms with Crippen molar-refractivity contribution < 1.29 is 14.3 Å². The largest absolute Gasteiger partial charge is 0.381 e. The number of carbonyl (C=O) groups excluding carboxylic acids is 2. The van der Waals surface area contributed by atoms with Gasteiger partial charge in [0.15, 0.2) is 0 Å². The second kappa shape index (κ2) is 5.82. The first-order valence-electron chi connectivity index (χ1n) is 7.88. The fourth-order valence-corrected chi connectivity index (χ4v) is 2.97. The van der Waals surface area contributed by atoms with Gasteiger partial charge in [-0.05, 0) is 25.0 Å². The number of nitrogens with zero attached hydrogens (tertiary/aromatic N) is 1. The Balaban J connectivity index is 1.59. The maximum absolute atomic E-state index is 12.3. The highest BCUT2D eigenvalue weighted by Crippen LogP contribution is 2.43. The van der Waals surface area contributed by atoms with Crippen LogP contribution in [0.5, 0.6) is 0 Å². The van der Waals surface area contributed by atoms with Gasteiger partial charge in [0.1, 0.15) is 0 Å². The first-order valence-corrected chi connectivity index (χ1v) is 7.88. The quantitative estimate of drug-likeness (QED) is 0.616. The average Bonchev–Trinajstić information content (AvgIpc) is 3.11. The summed E-state index contributed by atoms with van der Waals surface area (Å²) in [6.45, 7) is 3.76. The normalized spacial score (nSPS) is 26.5.